The third-order valence-electron chi connectivity index (χ3n) is 3.21. The van der Waals surface area contributed by atoms with Gasteiger partial charge in [0.15, 0.2) is 5.60 Å². The van der Waals surface area contributed by atoms with Gasteiger partial charge in [-0.2, -0.15) is 0 Å². The molecule has 0 radical (unpaired) electrons. The summed E-state index contributed by atoms with van der Waals surface area (Å²) in [6.07, 6.45) is 2.41. The monoisotopic (exact) mass is 277 g/mol. The Labute approximate surface area is 115 Å². The molecular formula is C14H15NO3S. The molecule has 0 spiro atoms. The van der Waals surface area contributed by atoms with Crippen LogP contribution in [0.4, 0.5) is 0 Å². The summed E-state index contributed by atoms with van der Waals surface area (Å²) in [6, 6.07) is 5.66. The van der Waals surface area contributed by atoms with Gasteiger partial charge in [0, 0.05) is 5.92 Å². The number of aliphatic carboxylic acids is 1. The van der Waals surface area contributed by atoms with Crippen LogP contribution in [0.1, 0.15) is 37.6 Å². The van der Waals surface area contributed by atoms with Crippen LogP contribution in [-0.2, 0) is 4.79 Å². The van der Waals surface area contributed by atoms with E-state index in [1.807, 2.05) is 12.1 Å². The van der Waals surface area contributed by atoms with Crippen molar-refractivity contribution in [3.8, 4) is 5.75 Å². The fourth-order valence-corrected chi connectivity index (χ4v) is 3.00. The van der Waals surface area contributed by atoms with Crippen LogP contribution in [0, 0.1) is 0 Å². The minimum absolute atomic E-state index is 0.549. The molecule has 0 amide bonds. The average molecular weight is 277 g/mol. The summed E-state index contributed by atoms with van der Waals surface area (Å²) >= 11 is 1.68. The number of ether oxygens (including phenoxy) is 1. The van der Waals surface area contributed by atoms with Crippen LogP contribution in [0.2, 0.25) is 0 Å². The maximum Gasteiger partial charge on any atom is 0.347 e. The van der Waals surface area contributed by atoms with Crippen LogP contribution in [0.25, 0.3) is 10.2 Å². The molecule has 1 aromatic heterocycles. The Hall–Kier alpha value is -1.62. The van der Waals surface area contributed by atoms with E-state index in [0.29, 0.717) is 11.7 Å². The maximum absolute atomic E-state index is 11.1. The van der Waals surface area contributed by atoms with E-state index in [1.165, 1.54) is 12.8 Å². The molecule has 1 aliphatic rings. The van der Waals surface area contributed by atoms with Crippen molar-refractivity contribution in [1.29, 1.82) is 0 Å². The van der Waals surface area contributed by atoms with E-state index in [2.05, 4.69) is 4.98 Å². The molecule has 2 aromatic rings. The largest absolute Gasteiger partial charge is 0.478 e. The Morgan fingerprint density at radius 1 is 1.47 bits per heavy atom. The third kappa shape index (κ3) is 2.30. The summed E-state index contributed by atoms with van der Waals surface area (Å²) in [7, 11) is 0. The molecule has 0 aliphatic heterocycles. The van der Waals surface area contributed by atoms with Crippen molar-refractivity contribution in [1.82, 2.24) is 4.98 Å². The second kappa shape index (κ2) is 4.20. The highest BCUT2D eigenvalue weighted by Gasteiger charge is 2.31. The Balaban J connectivity index is 2.01. The van der Waals surface area contributed by atoms with E-state index in [-0.39, 0.29) is 0 Å². The van der Waals surface area contributed by atoms with Crippen molar-refractivity contribution in [3.63, 3.8) is 0 Å². The van der Waals surface area contributed by atoms with Gasteiger partial charge in [0.05, 0.1) is 9.71 Å². The summed E-state index contributed by atoms with van der Waals surface area (Å²) in [5, 5.41) is 10.3. The van der Waals surface area contributed by atoms with Crippen molar-refractivity contribution in [2.45, 2.75) is 38.2 Å². The van der Waals surface area contributed by atoms with Crippen molar-refractivity contribution < 1.29 is 14.6 Å². The third-order valence-corrected chi connectivity index (χ3v) is 4.39. The lowest BCUT2D eigenvalue weighted by molar-refractivity contribution is -0.152. The number of carboxylic acids is 1. The number of hydrogen-bond donors (Lipinski definition) is 1. The summed E-state index contributed by atoms with van der Waals surface area (Å²) in [4.78, 5) is 15.8. The second-order valence-corrected chi connectivity index (χ2v) is 6.41. The van der Waals surface area contributed by atoms with Gasteiger partial charge in [-0.25, -0.2) is 9.78 Å². The molecule has 19 heavy (non-hydrogen) atoms. The number of fused-ring (bicyclic) bond motifs is 1. The number of rotatable bonds is 4. The number of thiazole rings is 1. The summed E-state index contributed by atoms with van der Waals surface area (Å²) in [5.74, 6) is 0.160. The van der Waals surface area contributed by atoms with Crippen LogP contribution in [0.5, 0.6) is 5.75 Å². The van der Waals surface area contributed by atoms with Gasteiger partial charge in [0.25, 0.3) is 0 Å². The lowest BCUT2D eigenvalue weighted by Gasteiger charge is -2.21. The van der Waals surface area contributed by atoms with Crippen LogP contribution < -0.4 is 4.74 Å². The first kappa shape index (κ1) is 12.4. The Bertz CT molecular complexity index is 643. The van der Waals surface area contributed by atoms with E-state index in [4.69, 9.17) is 9.84 Å². The van der Waals surface area contributed by atoms with E-state index < -0.39 is 11.6 Å². The van der Waals surface area contributed by atoms with Crippen LogP contribution in [0.15, 0.2) is 18.2 Å². The predicted octanol–water partition coefficient (Wildman–Crippen LogP) is 3.42. The van der Waals surface area contributed by atoms with Gasteiger partial charge in [-0.05, 0) is 38.8 Å². The van der Waals surface area contributed by atoms with Crippen molar-refractivity contribution in [3.05, 3.63) is 23.2 Å². The SMILES string of the molecule is CC(C)(Oc1cccc2sc(C3CC3)nc12)C(=O)O. The molecule has 0 bridgehead atoms. The Kier molecular flexibility index (Phi) is 2.74. The highest BCUT2D eigenvalue weighted by atomic mass is 32.1. The number of aromatic nitrogens is 1. The van der Waals surface area contributed by atoms with Gasteiger partial charge < -0.3 is 9.84 Å². The molecule has 5 heteroatoms. The van der Waals surface area contributed by atoms with Crippen molar-refractivity contribution in [2.75, 3.05) is 0 Å². The molecule has 0 unspecified atom stereocenters. The number of carboxylic acid groups (broad SMARTS) is 1. The average Bonchev–Trinajstić information content (AvgIpc) is 3.09. The van der Waals surface area contributed by atoms with E-state index in [9.17, 15) is 4.79 Å². The zero-order valence-electron chi connectivity index (χ0n) is 10.8. The second-order valence-electron chi connectivity index (χ2n) is 5.35. The fourth-order valence-electron chi connectivity index (χ4n) is 1.85. The van der Waals surface area contributed by atoms with Gasteiger partial charge in [0.1, 0.15) is 11.3 Å². The molecule has 1 saturated carbocycles. The van der Waals surface area contributed by atoms with E-state index in [1.54, 1.807) is 31.3 Å². The van der Waals surface area contributed by atoms with Crippen LogP contribution in [0.3, 0.4) is 0 Å². The van der Waals surface area contributed by atoms with Crippen LogP contribution >= 0.6 is 11.3 Å². The molecule has 1 fully saturated rings. The summed E-state index contributed by atoms with van der Waals surface area (Å²) in [5.41, 5.74) is -0.471. The molecule has 1 N–H and O–H groups in total. The fraction of sp³-hybridized carbons (Fsp3) is 0.429. The van der Waals surface area contributed by atoms with Gasteiger partial charge in [0.2, 0.25) is 0 Å². The van der Waals surface area contributed by atoms with Crippen molar-refractivity contribution in [2.24, 2.45) is 0 Å². The van der Waals surface area contributed by atoms with Gasteiger partial charge in [-0.1, -0.05) is 6.07 Å². The maximum atomic E-state index is 11.1. The number of hydrogen-bond acceptors (Lipinski definition) is 4. The normalized spacial score (nSPS) is 15.7. The molecular weight excluding hydrogens is 262 g/mol. The standard InChI is InChI=1S/C14H15NO3S/c1-14(2,13(16)17)18-9-4-3-5-10-11(9)15-12(19-10)8-6-7-8/h3-5,8H,6-7H2,1-2H3,(H,16,17). The molecule has 1 aliphatic carbocycles. The van der Waals surface area contributed by atoms with Gasteiger partial charge in [-0.15, -0.1) is 11.3 Å². The minimum Gasteiger partial charge on any atom is -0.478 e. The predicted molar refractivity (Wildman–Crippen MR) is 73.9 cm³/mol. The number of para-hydroxylation sites is 1. The first-order valence-electron chi connectivity index (χ1n) is 6.29. The quantitative estimate of drug-likeness (QED) is 0.930. The lowest BCUT2D eigenvalue weighted by Crippen LogP contribution is -2.37. The molecule has 0 saturated heterocycles. The molecule has 4 nitrogen and oxygen atoms in total. The highest BCUT2D eigenvalue weighted by molar-refractivity contribution is 7.18. The van der Waals surface area contributed by atoms with Gasteiger partial charge in [-0.3, -0.25) is 0 Å². The van der Waals surface area contributed by atoms with E-state index in [0.717, 1.165) is 15.2 Å². The minimum atomic E-state index is -1.25. The molecule has 3 rings (SSSR count). The van der Waals surface area contributed by atoms with Crippen LogP contribution in [-0.4, -0.2) is 21.7 Å². The smallest absolute Gasteiger partial charge is 0.347 e. The molecule has 100 valence electrons. The van der Waals surface area contributed by atoms with E-state index >= 15 is 0 Å². The first-order valence-corrected chi connectivity index (χ1v) is 7.11. The first-order chi connectivity index (χ1) is 8.97. The molecule has 0 atom stereocenters. The van der Waals surface area contributed by atoms with Crippen molar-refractivity contribution >= 4 is 27.5 Å². The number of benzene rings is 1. The topological polar surface area (TPSA) is 59.4 Å². The summed E-state index contributed by atoms with van der Waals surface area (Å²) < 4.78 is 6.69. The number of carbonyl (C=O) groups is 1. The molecule has 1 aromatic carbocycles. The Morgan fingerprint density at radius 3 is 2.84 bits per heavy atom. The highest BCUT2D eigenvalue weighted by Crippen LogP contribution is 2.44. The lowest BCUT2D eigenvalue weighted by atomic mass is 10.1. The number of nitrogens with zero attached hydrogens (tertiary/aromatic N) is 1. The Morgan fingerprint density at radius 2 is 2.21 bits per heavy atom. The zero-order chi connectivity index (χ0) is 13.6. The zero-order valence-corrected chi connectivity index (χ0v) is 11.7. The molecule has 1 heterocycles. The summed E-state index contributed by atoms with van der Waals surface area (Å²) in [6.45, 7) is 3.09. The van der Waals surface area contributed by atoms with Gasteiger partial charge >= 0.3 is 5.97 Å².